The van der Waals surface area contributed by atoms with Gasteiger partial charge in [0.1, 0.15) is 5.78 Å². The van der Waals surface area contributed by atoms with Gasteiger partial charge in [0.25, 0.3) is 0 Å². The smallest absolute Gasteiger partial charge is 0.311 e. The zero-order valence-corrected chi connectivity index (χ0v) is 16.1. The minimum absolute atomic E-state index is 0.0186. The molecule has 1 fully saturated rings. The summed E-state index contributed by atoms with van der Waals surface area (Å²) in [6.45, 7) is 9.67. The first kappa shape index (κ1) is 20.3. The van der Waals surface area contributed by atoms with Gasteiger partial charge in [0.2, 0.25) is 5.82 Å². The van der Waals surface area contributed by atoms with Gasteiger partial charge in [0, 0.05) is 44.5 Å². The fourth-order valence-corrected chi connectivity index (χ4v) is 3.43. The fourth-order valence-electron chi connectivity index (χ4n) is 3.43. The van der Waals surface area contributed by atoms with Crippen molar-refractivity contribution < 1.29 is 14.5 Å². The first-order valence-electron chi connectivity index (χ1n) is 9.27. The summed E-state index contributed by atoms with van der Waals surface area (Å²) in [6, 6.07) is 1.78. The Morgan fingerprint density at radius 3 is 2.58 bits per heavy atom. The molecule has 1 aromatic rings. The van der Waals surface area contributed by atoms with Crippen LogP contribution in [0.3, 0.4) is 0 Å². The van der Waals surface area contributed by atoms with Gasteiger partial charge in [-0.05, 0) is 37.2 Å². The van der Waals surface area contributed by atoms with Gasteiger partial charge in [-0.1, -0.05) is 20.8 Å². The maximum absolute atomic E-state index is 11.7. The molecule has 0 aliphatic carbocycles. The zero-order valence-electron chi connectivity index (χ0n) is 16.1. The molecule has 2 heterocycles. The molecular weight excluding hydrogens is 334 g/mol. The molecule has 0 aromatic carbocycles. The van der Waals surface area contributed by atoms with E-state index < -0.39 is 0 Å². The Balaban J connectivity index is 2.39. The summed E-state index contributed by atoms with van der Waals surface area (Å²) in [6.07, 6.45) is 3.72. The molecule has 0 radical (unpaired) electrons. The van der Waals surface area contributed by atoms with Crippen LogP contribution in [0.15, 0.2) is 12.3 Å². The standard InChI is InChI=1S/C19H29N3O4/c1-13(2)12-21(17-5-7-26-8-6-17)19-18(22(24)25)10-16(11-20-19)14(3)9-15(4)23/h10-11,13-14,17H,5-9,12H2,1-4H3/t14-/m1/s1. The highest BCUT2D eigenvalue weighted by Gasteiger charge is 2.30. The first-order valence-corrected chi connectivity index (χ1v) is 9.27. The third-order valence-corrected chi connectivity index (χ3v) is 4.69. The van der Waals surface area contributed by atoms with Gasteiger partial charge in [-0.25, -0.2) is 4.98 Å². The van der Waals surface area contributed by atoms with Crippen molar-refractivity contribution in [2.45, 2.75) is 58.9 Å². The molecule has 0 bridgehead atoms. The number of nitro groups is 1. The molecule has 1 atom stereocenters. The summed E-state index contributed by atoms with van der Waals surface area (Å²) in [5, 5.41) is 11.7. The van der Waals surface area contributed by atoms with Crippen LogP contribution in [0.5, 0.6) is 0 Å². The van der Waals surface area contributed by atoms with Crippen LogP contribution in [0.1, 0.15) is 58.4 Å². The van der Waals surface area contributed by atoms with Crippen molar-refractivity contribution in [2.75, 3.05) is 24.7 Å². The molecule has 1 aliphatic heterocycles. The lowest BCUT2D eigenvalue weighted by Gasteiger charge is -2.36. The number of carbonyl (C=O) groups excluding carboxylic acids is 1. The Morgan fingerprint density at radius 1 is 1.38 bits per heavy atom. The normalized spacial score (nSPS) is 16.5. The number of ketones is 1. The molecular formula is C19H29N3O4. The molecule has 1 aromatic heterocycles. The summed E-state index contributed by atoms with van der Waals surface area (Å²) < 4.78 is 5.44. The second kappa shape index (κ2) is 9.07. The number of Topliss-reactive ketones (excluding diaryl/α,β-unsaturated/α-hetero) is 1. The van der Waals surface area contributed by atoms with E-state index in [0.29, 0.717) is 37.9 Å². The van der Waals surface area contributed by atoms with Gasteiger partial charge in [-0.3, -0.25) is 10.1 Å². The largest absolute Gasteiger partial charge is 0.381 e. The highest BCUT2D eigenvalue weighted by atomic mass is 16.6. The van der Waals surface area contributed by atoms with Crippen LogP contribution < -0.4 is 4.90 Å². The lowest BCUT2D eigenvalue weighted by molar-refractivity contribution is -0.384. The molecule has 2 rings (SSSR count). The van der Waals surface area contributed by atoms with E-state index in [9.17, 15) is 14.9 Å². The van der Waals surface area contributed by atoms with Gasteiger partial charge in [0.15, 0.2) is 0 Å². The number of ether oxygens (including phenoxy) is 1. The summed E-state index contributed by atoms with van der Waals surface area (Å²) in [4.78, 5) is 29.3. The van der Waals surface area contributed by atoms with Crippen molar-refractivity contribution in [1.82, 2.24) is 4.98 Å². The summed E-state index contributed by atoms with van der Waals surface area (Å²) >= 11 is 0. The lowest BCUT2D eigenvalue weighted by atomic mass is 9.97. The number of pyridine rings is 1. The Kier molecular flexibility index (Phi) is 7.08. The second-order valence-electron chi connectivity index (χ2n) is 7.57. The highest BCUT2D eigenvalue weighted by molar-refractivity contribution is 5.76. The predicted molar refractivity (Wildman–Crippen MR) is 101 cm³/mol. The Labute approximate surface area is 154 Å². The predicted octanol–water partition coefficient (Wildman–Crippen LogP) is 3.71. The topological polar surface area (TPSA) is 85.6 Å². The van der Waals surface area contributed by atoms with Gasteiger partial charge < -0.3 is 14.4 Å². The van der Waals surface area contributed by atoms with E-state index in [1.807, 2.05) is 6.92 Å². The van der Waals surface area contributed by atoms with Gasteiger partial charge >= 0.3 is 5.69 Å². The minimum atomic E-state index is -0.362. The van der Waals surface area contributed by atoms with E-state index in [4.69, 9.17) is 4.74 Å². The molecule has 1 saturated heterocycles. The van der Waals surface area contributed by atoms with Crippen molar-refractivity contribution in [3.8, 4) is 0 Å². The molecule has 1 aliphatic rings. The third kappa shape index (κ3) is 5.24. The lowest BCUT2D eigenvalue weighted by Crippen LogP contribution is -2.42. The van der Waals surface area contributed by atoms with Crippen LogP contribution in [0.2, 0.25) is 0 Å². The number of hydrogen-bond donors (Lipinski definition) is 0. The van der Waals surface area contributed by atoms with E-state index in [0.717, 1.165) is 18.4 Å². The van der Waals surface area contributed by atoms with Gasteiger partial charge in [-0.15, -0.1) is 0 Å². The van der Waals surface area contributed by atoms with Crippen molar-refractivity contribution in [3.05, 3.63) is 27.9 Å². The maximum atomic E-state index is 11.7. The van der Waals surface area contributed by atoms with Gasteiger partial charge in [0.05, 0.1) is 4.92 Å². The molecule has 7 heteroatoms. The Hall–Kier alpha value is -2.02. The minimum Gasteiger partial charge on any atom is -0.381 e. The molecule has 144 valence electrons. The Bertz CT molecular complexity index is 642. The van der Waals surface area contributed by atoms with Gasteiger partial charge in [-0.2, -0.15) is 0 Å². The second-order valence-corrected chi connectivity index (χ2v) is 7.57. The highest BCUT2D eigenvalue weighted by Crippen LogP contribution is 2.33. The molecule has 0 saturated carbocycles. The van der Waals surface area contributed by atoms with Crippen molar-refractivity contribution >= 4 is 17.3 Å². The molecule has 0 N–H and O–H groups in total. The van der Waals surface area contributed by atoms with E-state index in [1.165, 1.54) is 6.92 Å². The van der Waals surface area contributed by atoms with E-state index >= 15 is 0 Å². The van der Waals surface area contributed by atoms with E-state index in [1.54, 1.807) is 12.3 Å². The summed E-state index contributed by atoms with van der Waals surface area (Å²) in [5.41, 5.74) is 0.747. The number of aromatic nitrogens is 1. The maximum Gasteiger partial charge on any atom is 0.311 e. The zero-order chi connectivity index (χ0) is 19.3. The van der Waals surface area contributed by atoms with Crippen LogP contribution in [-0.2, 0) is 9.53 Å². The average Bonchev–Trinajstić information content (AvgIpc) is 2.59. The third-order valence-electron chi connectivity index (χ3n) is 4.69. The first-order chi connectivity index (χ1) is 12.3. The van der Waals surface area contributed by atoms with Crippen LogP contribution in [0.25, 0.3) is 0 Å². The monoisotopic (exact) mass is 363 g/mol. The molecule has 0 spiro atoms. The average molecular weight is 363 g/mol. The SMILES string of the molecule is CC(=O)C[C@@H](C)c1cnc(N(CC(C)C)C2CCOCC2)c([N+](=O)[O-])c1. The number of rotatable bonds is 8. The molecule has 0 unspecified atom stereocenters. The summed E-state index contributed by atoms with van der Waals surface area (Å²) in [7, 11) is 0. The van der Waals surface area contributed by atoms with Crippen LogP contribution in [0, 0.1) is 16.0 Å². The number of nitrogens with zero attached hydrogens (tertiary/aromatic N) is 3. The number of carbonyl (C=O) groups is 1. The molecule has 0 amide bonds. The van der Waals surface area contributed by atoms with Crippen LogP contribution in [-0.4, -0.2) is 41.5 Å². The van der Waals surface area contributed by atoms with E-state index in [2.05, 4.69) is 23.7 Å². The fraction of sp³-hybridized carbons (Fsp3) is 0.684. The molecule has 26 heavy (non-hydrogen) atoms. The Morgan fingerprint density at radius 2 is 2.04 bits per heavy atom. The van der Waals surface area contributed by atoms with Crippen molar-refractivity contribution in [2.24, 2.45) is 5.92 Å². The van der Waals surface area contributed by atoms with Crippen molar-refractivity contribution in [1.29, 1.82) is 0 Å². The summed E-state index contributed by atoms with van der Waals surface area (Å²) in [5.74, 6) is 0.757. The molecule has 7 nitrogen and oxygen atoms in total. The number of anilines is 1. The number of hydrogen-bond acceptors (Lipinski definition) is 6. The quantitative estimate of drug-likeness (QED) is 0.517. The van der Waals surface area contributed by atoms with Crippen LogP contribution in [0.4, 0.5) is 11.5 Å². The van der Waals surface area contributed by atoms with Crippen molar-refractivity contribution in [3.63, 3.8) is 0 Å². The van der Waals surface area contributed by atoms with E-state index in [-0.39, 0.29) is 28.4 Å². The van der Waals surface area contributed by atoms with Crippen LogP contribution >= 0.6 is 0 Å².